The average molecular weight is 347 g/mol. The van der Waals surface area contributed by atoms with Gasteiger partial charge in [0.15, 0.2) is 0 Å². The monoisotopic (exact) mass is 346 g/mol. The quantitative estimate of drug-likeness (QED) is 0.823. The highest BCUT2D eigenvalue weighted by molar-refractivity contribution is 9.10. The van der Waals surface area contributed by atoms with Crippen molar-refractivity contribution in [3.05, 3.63) is 22.7 Å². The molecule has 1 saturated carbocycles. The molecule has 19 heavy (non-hydrogen) atoms. The normalized spacial score (nSPS) is 23.7. The fourth-order valence-corrected chi connectivity index (χ4v) is 4.64. The molecule has 2 atom stereocenters. The lowest BCUT2D eigenvalue weighted by Crippen LogP contribution is -2.30. The van der Waals surface area contributed by atoms with E-state index in [9.17, 15) is 8.42 Å². The van der Waals surface area contributed by atoms with Crippen LogP contribution in [0.15, 0.2) is 27.6 Å². The van der Waals surface area contributed by atoms with Crippen molar-refractivity contribution in [2.75, 3.05) is 12.3 Å². The van der Waals surface area contributed by atoms with Gasteiger partial charge in [-0.1, -0.05) is 19.8 Å². The number of hydrogen-bond donors (Lipinski definition) is 2. The first kappa shape index (κ1) is 14.8. The van der Waals surface area contributed by atoms with Crippen molar-refractivity contribution in [3.8, 4) is 0 Å². The summed E-state index contributed by atoms with van der Waals surface area (Å²) in [5.74, 6) is 1.03. The maximum absolute atomic E-state index is 12.3. The van der Waals surface area contributed by atoms with Crippen LogP contribution in [-0.4, -0.2) is 15.0 Å². The number of halogens is 1. The third kappa shape index (κ3) is 3.49. The average Bonchev–Trinajstić information content (AvgIpc) is 2.75. The molecule has 1 fully saturated rings. The van der Waals surface area contributed by atoms with Gasteiger partial charge in [-0.05, 0) is 52.4 Å². The van der Waals surface area contributed by atoms with Crippen LogP contribution in [0, 0.1) is 11.8 Å². The number of anilines is 1. The summed E-state index contributed by atoms with van der Waals surface area (Å²) in [5.41, 5.74) is 6.09. The van der Waals surface area contributed by atoms with Crippen LogP contribution in [-0.2, 0) is 10.0 Å². The number of benzene rings is 1. The molecule has 2 rings (SSSR count). The Morgan fingerprint density at radius 2 is 2.16 bits per heavy atom. The predicted molar refractivity (Wildman–Crippen MR) is 80.2 cm³/mol. The zero-order chi connectivity index (χ0) is 14.0. The molecule has 1 aliphatic carbocycles. The summed E-state index contributed by atoms with van der Waals surface area (Å²) in [6, 6.07) is 4.80. The Morgan fingerprint density at radius 3 is 2.79 bits per heavy atom. The van der Waals surface area contributed by atoms with E-state index in [0.29, 0.717) is 28.5 Å². The zero-order valence-corrected chi connectivity index (χ0v) is 13.3. The van der Waals surface area contributed by atoms with Crippen LogP contribution in [0.5, 0.6) is 0 Å². The molecule has 2 unspecified atom stereocenters. The van der Waals surface area contributed by atoms with Gasteiger partial charge < -0.3 is 5.73 Å². The Morgan fingerprint density at radius 1 is 1.42 bits per heavy atom. The van der Waals surface area contributed by atoms with Gasteiger partial charge in [0.25, 0.3) is 0 Å². The zero-order valence-electron chi connectivity index (χ0n) is 10.9. The number of nitrogen functional groups attached to an aromatic ring is 1. The minimum absolute atomic E-state index is 0.207. The van der Waals surface area contributed by atoms with E-state index in [0.717, 1.165) is 6.42 Å². The molecule has 0 radical (unpaired) electrons. The van der Waals surface area contributed by atoms with E-state index in [2.05, 4.69) is 27.6 Å². The van der Waals surface area contributed by atoms with Crippen LogP contribution in [0.25, 0.3) is 0 Å². The van der Waals surface area contributed by atoms with E-state index in [1.807, 2.05) is 0 Å². The van der Waals surface area contributed by atoms with E-state index in [1.54, 1.807) is 12.1 Å². The highest BCUT2D eigenvalue weighted by atomic mass is 79.9. The van der Waals surface area contributed by atoms with Crippen LogP contribution in [0.3, 0.4) is 0 Å². The Labute approximate surface area is 122 Å². The maximum Gasteiger partial charge on any atom is 0.241 e. The topological polar surface area (TPSA) is 72.2 Å². The van der Waals surface area contributed by atoms with Gasteiger partial charge in [-0.3, -0.25) is 0 Å². The molecule has 1 aromatic carbocycles. The van der Waals surface area contributed by atoms with Crippen LogP contribution in [0.1, 0.15) is 26.2 Å². The number of hydrogen-bond acceptors (Lipinski definition) is 3. The minimum atomic E-state index is -3.50. The van der Waals surface area contributed by atoms with Crippen molar-refractivity contribution < 1.29 is 8.42 Å². The fraction of sp³-hybridized carbons (Fsp3) is 0.538. The van der Waals surface area contributed by atoms with E-state index in [-0.39, 0.29) is 4.90 Å². The Kier molecular flexibility index (Phi) is 4.53. The van der Waals surface area contributed by atoms with Crippen molar-refractivity contribution in [1.29, 1.82) is 0 Å². The third-order valence-electron chi connectivity index (χ3n) is 3.82. The largest absolute Gasteiger partial charge is 0.399 e. The van der Waals surface area contributed by atoms with Crippen LogP contribution in [0.2, 0.25) is 0 Å². The molecule has 4 nitrogen and oxygen atoms in total. The van der Waals surface area contributed by atoms with Gasteiger partial charge in [-0.25, -0.2) is 13.1 Å². The van der Waals surface area contributed by atoms with E-state index in [4.69, 9.17) is 5.73 Å². The number of nitrogens with one attached hydrogen (secondary N) is 1. The van der Waals surface area contributed by atoms with Crippen LogP contribution < -0.4 is 10.5 Å². The maximum atomic E-state index is 12.3. The molecule has 1 aliphatic rings. The number of nitrogens with two attached hydrogens (primary N) is 1. The molecule has 1 aromatic rings. The molecule has 0 aliphatic heterocycles. The summed E-state index contributed by atoms with van der Waals surface area (Å²) >= 11 is 3.26. The van der Waals surface area contributed by atoms with Gasteiger partial charge in [0.1, 0.15) is 0 Å². The summed E-state index contributed by atoms with van der Waals surface area (Å²) in [5, 5.41) is 0. The first-order chi connectivity index (χ1) is 8.90. The standard InChI is InChI=1S/C13H19BrN2O2S/c1-9-3-2-4-10(9)8-16-19(17,18)13-7-11(15)5-6-12(13)14/h5-7,9-10,16H,2-4,8,15H2,1H3. The third-order valence-corrected chi connectivity index (χ3v) is 6.24. The van der Waals surface area contributed by atoms with Crippen LogP contribution >= 0.6 is 15.9 Å². The van der Waals surface area contributed by atoms with Crippen LogP contribution in [0.4, 0.5) is 5.69 Å². The molecular weight excluding hydrogens is 328 g/mol. The van der Waals surface area contributed by atoms with Crippen molar-refractivity contribution in [2.45, 2.75) is 31.1 Å². The molecular formula is C13H19BrN2O2S. The van der Waals surface area contributed by atoms with E-state index < -0.39 is 10.0 Å². The lowest BCUT2D eigenvalue weighted by atomic mass is 9.99. The van der Waals surface area contributed by atoms with Gasteiger partial charge in [-0.2, -0.15) is 0 Å². The molecule has 0 amide bonds. The van der Waals surface area contributed by atoms with Crippen molar-refractivity contribution in [2.24, 2.45) is 11.8 Å². The molecule has 106 valence electrons. The Balaban J connectivity index is 2.12. The van der Waals surface area contributed by atoms with Crippen molar-refractivity contribution in [3.63, 3.8) is 0 Å². The SMILES string of the molecule is CC1CCCC1CNS(=O)(=O)c1cc(N)ccc1Br. The Hall–Kier alpha value is -0.590. The summed E-state index contributed by atoms with van der Waals surface area (Å²) in [7, 11) is -3.50. The minimum Gasteiger partial charge on any atom is -0.399 e. The second kappa shape index (κ2) is 5.81. The first-order valence-corrected chi connectivity index (χ1v) is 8.72. The lowest BCUT2D eigenvalue weighted by molar-refractivity contribution is 0.414. The van der Waals surface area contributed by atoms with Gasteiger partial charge in [0.2, 0.25) is 10.0 Å². The highest BCUT2D eigenvalue weighted by Crippen LogP contribution is 2.31. The van der Waals surface area contributed by atoms with Gasteiger partial charge >= 0.3 is 0 Å². The molecule has 3 N–H and O–H groups in total. The summed E-state index contributed by atoms with van der Waals surface area (Å²) in [4.78, 5) is 0.207. The Bertz CT molecular complexity index is 560. The van der Waals surface area contributed by atoms with Crippen molar-refractivity contribution >= 4 is 31.6 Å². The fourth-order valence-electron chi connectivity index (χ4n) is 2.55. The lowest BCUT2D eigenvalue weighted by Gasteiger charge is -2.16. The first-order valence-electron chi connectivity index (χ1n) is 6.45. The van der Waals surface area contributed by atoms with Gasteiger partial charge in [-0.15, -0.1) is 0 Å². The number of sulfonamides is 1. The van der Waals surface area contributed by atoms with E-state index >= 15 is 0 Å². The molecule has 0 spiro atoms. The van der Waals surface area contributed by atoms with Gasteiger partial charge in [0.05, 0.1) is 4.90 Å². The molecule has 0 bridgehead atoms. The summed E-state index contributed by atoms with van der Waals surface area (Å²) in [6.07, 6.45) is 3.48. The molecule has 0 heterocycles. The van der Waals surface area contributed by atoms with Gasteiger partial charge in [0, 0.05) is 16.7 Å². The van der Waals surface area contributed by atoms with E-state index in [1.165, 1.54) is 18.9 Å². The number of rotatable bonds is 4. The molecule has 6 heteroatoms. The summed E-state index contributed by atoms with van der Waals surface area (Å²) in [6.45, 7) is 2.69. The second-order valence-corrected chi connectivity index (χ2v) is 7.80. The smallest absolute Gasteiger partial charge is 0.241 e. The molecule has 0 aromatic heterocycles. The summed E-state index contributed by atoms with van der Waals surface area (Å²) < 4.78 is 27.8. The molecule has 0 saturated heterocycles. The highest BCUT2D eigenvalue weighted by Gasteiger charge is 2.26. The van der Waals surface area contributed by atoms with Crippen molar-refractivity contribution in [1.82, 2.24) is 4.72 Å². The predicted octanol–water partition coefficient (Wildman–Crippen LogP) is 2.75. The second-order valence-electron chi connectivity index (χ2n) is 5.21.